The normalized spacial score (nSPS) is 11.2. The minimum Gasteiger partial charge on any atom is -0.455 e. The molecule has 2 heterocycles. The predicted molar refractivity (Wildman–Crippen MR) is 70.3 cm³/mol. The Kier molecular flexibility index (Phi) is 3.77. The Hall–Kier alpha value is -0.260. The molecule has 86 valence electrons. The number of halogens is 2. The summed E-state index contributed by atoms with van der Waals surface area (Å²) < 4.78 is 6.66. The van der Waals surface area contributed by atoms with Crippen molar-refractivity contribution in [3.05, 3.63) is 15.5 Å². The van der Waals surface area contributed by atoms with Crippen molar-refractivity contribution < 1.29 is 4.42 Å². The Morgan fingerprint density at radius 2 is 2.19 bits per heavy atom. The van der Waals surface area contributed by atoms with E-state index in [4.69, 9.17) is 16.0 Å². The number of hydrogen-bond acceptors (Lipinski definition) is 4. The topological polar surface area (TPSA) is 38.9 Å². The molecule has 0 aliphatic heterocycles. The fourth-order valence-electron chi connectivity index (χ4n) is 1.47. The molecule has 0 bridgehead atoms. The van der Waals surface area contributed by atoms with Crippen LogP contribution >= 0.6 is 39.3 Å². The molecule has 0 aromatic carbocycles. The van der Waals surface area contributed by atoms with Crippen molar-refractivity contribution in [3.63, 3.8) is 0 Å². The van der Waals surface area contributed by atoms with Gasteiger partial charge in [-0.2, -0.15) is 0 Å². The largest absolute Gasteiger partial charge is 0.455 e. The lowest BCUT2D eigenvalue weighted by atomic mass is 10.3. The van der Waals surface area contributed by atoms with Gasteiger partial charge in [0.25, 0.3) is 0 Å². The summed E-state index contributed by atoms with van der Waals surface area (Å²) in [7, 11) is 0. The van der Waals surface area contributed by atoms with Crippen molar-refractivity contribution in [3.8, 4) is 0 Å². The average Bonchev–Trinajstić information content (AvgIpc) is 2.57. The third kappa shape index (κ3) is 2.08. The average molecular weight is 322 g/mol. The third-order valence-electron chi connectivity index (χ3n) is 2.16. The van der Waals surface area contributed by atoms with Crippen LogP contribution in [0.1, 0.15) is 19.1 Å². The molecule has 0 saturated heterocycles. The van der Waals surface area contributed by atoms with Gasteiger partial charge >= 0.3 is 0 Å². The lowest BCUT2D eigenvalue weighted by Gasteiger charge is -1.96. The molecule has 16 heavy (non-hydrogen) atoms. The summed E-state index contributed by atoms with van der Waals surface area (Å²) in [4.78, 5) is 8.32. The Morgan fingerprint density at radius 1 is 1.44 bits per heavy atom. The van der Waals surface area contributed by atoms with Gasteiger partial charge in [-0.15, -0.1) is 11.8 Å². The molecular weight excluding hydrogens is 312 g/mol. The van der Waals surface area contributed by atoms with Crippen molar-refractivity contribution in [2.75, 3.05) is 6.26 Å². The fourth-order valence-corrected chi connectivity index (χ4v) is 2.74. The van der Waals surface area contributed by atoms with Gasteiger partial charge in [-0.05, 0) is 40.2 Å². The number of nitrogens with zero attached hydrogens (tertiary/aromatic N) is 2. The van der Waals surface area contributed by atoms with E-state index in [0.717, 1.165) is 33.6 Å². The molecule has 2 rings (SSSR count). The van der Waals surface area contributed by atoms with Crippen LogP contribution in [0.4, 0.5) is 0 Å². The van der Waals surface area contributed by atoms with Gasteiger partial charge < -0.3 is 4.42 Å². The molecule has 0 saturated carbocycles. The van der Waals surface area contributed by atoms with Crippen LogP contribution in [0, 0.1) is 0 Å². The van der Waals surface area contributed by atoms with Crippen LogP contribution in [-0.4, -0.2) is 16.2 Å². The number of thioether (sulfide) groups is 1. The molecule has 3 nitrogen and oxygen atoms in total. The van der Waals surface area contributed by atoms with Crippen molar-refractivity contribution in [1.82, 2.24) is 9.97 Å². The van der Waals surface area contributed by atoms with E-state index < -0.39 is 0 Å². The van der Waals surface area contributed by atoms with Crippen LogP contribution in [0.2, 0.25) is 5.28 Å². The monoisotopic (exact) mass is 320 g/mol. The number of rotatable bonds is 3. The standard InChI is InChI=1S/C10H10BrClN2OS/c1-3-4-5-6(11)7-8(15-5)9(16-2)14-10(12)13-7/h3-4H2,1-2H3. The van der Waals surface area contributed by atoms with Crippen LogP contribution in [-0.2, 0) is 6.42 Å². The van der Waals surface area contributed by atoms with Crippen molar-refractivity contribution in [2.24, 2.45) is 0 Å². The van der Waals surface area contributed by atoms with E-state index in [2.05, 4.69) is 32.8 Å². The van der Waals surface area contributed by atoms with Crippen LogP contribution in [0.3, 0.4) is 0 Å². The molecule has 0 unspecified atom stereocenters. The summed E-state index contributed by atoms with van der Waals surface area (Å²) in [6.07, 6.45) is 3.84. The van der Waals surface area contributed by atoms with Gasteiger partial charge in [0.2, 0.25) is 5.28 Å². The van der Waals surface area contributed by atoms with Gasteiger partial charge in [-0.25, -0.2) is 9.97 Å². The number of furan rings is 1. The van der Waals surface area contributed by atoms with Gasteiger partial charge in [-0.3, -0.25) is 0 Å². The Balaban J connectivity index is 2.69. The maximum atomic E-state index is 5.86. The number of aromatic nitrogens is 2. The van der Waals surface area contributed by atoms with E-state index >= 15 is 0 Å². The van der Waals surface area contributed by atoms with Crippen molar-refractivity contribution in [1.29, 1.82) is 0 Å². The molecule has 0 fully saturated rings. The maximum absolute atomic E-state index is 5.86. The molecule has 6 heteroatoms. The molecule has 0 spiro atoms. The summed E-state index contributed by atoms with van der Waals surface area (Å²) in [6.45, 7) is 2.10. The molecule has 0 atom stereocenters. The number of hydrogen-bond donors (Lipinski definition) is 0. The van der Waals surface area contributed by atoms with Crippen molar-refractivity contribution >= 4 is 50.4 Å². The first-order valence-corrected chi connectivity index (χ1v) is 7.25. The lowest BCUT2D eigenvalue weighted by molar-refractivity contribution is 0.534. The highest BCUT2D eigenvalue weighted by Gasteiger charge is 2.17. The minimum absolute atomic E-state index is 0.251. The summed E-state index contributed by atoms with van der Waals surface area (Å²) in [5.41, 5.74) is 1.47. The molecule has 0 N–H and O–H groups in total. The minimum atomic E-state index is 0.251. The SMILES string of the molecule is CCCc1oc2c(SC)nc(Cl)nc2c1Br. The summed E-state index contributed by atoms with van der Waals surface area (Å²) in [5, 5.41) is 1.03. The summed E-state index contributed by atoms with van der Waals surface area (Å²) in [6, 6.07) is 0. The highest BCUT2D eigenvalue weighted by molar-refractivity contribution is 9.10. The van der Waals surface area contributed by atoms with Crippen molar-refractivity contribution in [2.45, 2.75) is 24.8 Å². The van der Waals surface area contributed by atoms with Crippen LogP contribution in [0.15, 0.2) is 13.9 Å². The summed E-state index contributed by atoms with van der Waals surface area (Å²) >= 11 is 10.9. The molecule has 0 radical (unpaired) electrons. The van der Waals surface area contributed by atoms with Crippen LogP contribution < -0.4 is 0 Å². The van der Waals surface area contributed by atoms with Gasteiger partial charge in [0.05, 0.1) is 4.47 Å². The quantitative estimate of drug-likeness (QED) is 0.479. The van der Waals surface area contributed by atoms with Crippen LogP contribution in [0.5, 0.6) is 0 Å². The van der Waals surface area contributed by atoms with E-state index in [-0.39, 0.29) is 5.28 Å². The molecule has 0 aliphatic carbocycles. The molecule has 0 amide bonds. The molecular formula is C10H10BrClN2OS. The highest BCUT2D eigenvalue weighted by atomic mass is 79.9. The zero-order valence-electron chi connectivity index (χ0n) is 8.88. The van der Waals surface area contributed by atoms with Gasteiger partial charge in [0.15, 0.2) is 5.58 Å². The Labute approximate surface area is 111 Å². The Morgan fingerprint density at radius 3 is 2.81 bits per heavy atom. The molecule has 2 aromatic rings. The first-order valence-electron chi connectivity index (χ1n) is 4.85. The maximum Gasteiger partial charge on any atom is 0.224 e. The number of fused-ring (bicyclic) bond motifs is 1. The second-order valence-corrected chi connectivity index (χ2v) is 5.19. The zero-order valence-corrected chi connectivity index (χ0v) is 12.0. The second-order valence-electron chi connectivity index (χ2n) is 3.27. The van der Waals surface area contributed by atoms with Gasteiger partial charge in [0, 0.05) is 6.42 Å². The molecule has 0 aliphatic rings. The van der Waals surface area contributed by atoms with Crippen LogP contribution in [0.25, 0.3) is 11.1 Å². The van der Waals surface area contributed by atoms with E-state index in [9.17, 15) is 0 Å². The number of aryl methyl sites for hydroxylation is 1. The van der Waals surface area contributed by atoms with Gasteiger partial charge in [-0.1, -0.05) is 6.92 Å². The molecule has 2 aromatic heterocycles. The van der Waals surface area contributed by atoms with Gasteiger partial charge in [0.1, 0.15) is 16.3 Å². The third-order valence-corrected chi connectivity index (χ3v) is 3.81. The van der Waals surface area contributed by atoms with E-state index in [0.29, 0.717) is 5.58 Å². The first-order chi connectivity index (χ1) is 7.67. The fraction of sp³-hybridized carbons (Fsp3) is 0.400. The second kappa shape index (κ2) is 4.94. The predicted octanol–water partition coefficient (Wildman–Crippen LogP) is 4.31. The zero-order chi connectivity index (χ0) is 11.7. The summed E-state index contributed by atoms with van der Waals surface area (Å²) in [5.74, 6) is 0.907. The lowest BCUT2D eigenvalue weighted by Crippen LogP contribution is -1.85. The first kappa shape index (κ1) is 12.2. The highest BCUT2D eigenvalue weighted by Crippen LogP contribution is 2.35. The van der Waals surface area contributed by atoms with E-state index in [1.54, 1.807) is 0 Å². The Bertz CT molecular complexity index is 529. The smallest absolute Gasteiger partial charge is 0.224 e. The van der Waals surface area contributed by atoms with E-state index in [1.807, 2.05) is 6.26 Å². The van der Waals surface area contributed by atoms with E-state index in [1.165, 1.54) is 11.8 Å².